The van der Waals surface area contributed by atoms with Crippen LogP contribution in [0.2, 0.25) is 0 Å². The summed E-state index contributed by atoms with van der Waals surface area (Å²) in [6, 6.07) is 0. The van der Waals surface area contributed by atoms with Crippen molar-refractivity contribution in [1.29, 1.82) is 0 Å². The first kappa shape index (κ1) is 56.6. The molecule has 0 fully saturated rings. The molecule has 0 aliphatic rings. The summed E-state index contributed by atoms with van der Waals surface area (Å²) in [5.41, 5.74) is 0. The molecule has 6 heteroatoms. The van der Waals surface area contributed by atoms with E-state index in [4.69, 9.17) is 0 Å². The van der Waals surface area contributed by atoms with Crippen molar-refractivity contribution in [3.63, 3.8) is 0 Å². The first-order chi connectivity index (χ1) is 0. The van der Waals surface area contributed by atoms with E-state index < -0.39 is 0 Å². The Kier molecular flexibility index (Phi) is 372. The van der Waals surface area contributed by atoms with Crippen LogP contribution in [0.25, 0.3) is 0 Å². The van der Waals surface area contributed by atoms with Gasteiger partial charge >= 0.3 is 52.6 Å². The monoisotopic (exact) mass is 229 g/mol. The molecule has 1 nitrogen and oxygen atoms in total. The Morgan fingerprint density at radius 3 is 1.00 bits per heavy atom. The quantitative estimate of drug-likeness (QED) is 0.415. The molecular formula is H5MgMnNaNiOTi. The van der Waals surface area contributed by atoms with Crippen LogP contribution in [0.4, 0.5) is 0 Å². The molecule has 0 aliphatic carbocycles. The smallest absolute Gasteiger partial charge is 0 e. The SMILES string of the molecule is O.[MgH2].[Mn].[NaH].[Ni].[Ti]. The standard InChI is InChI=1S/Mg.Mn.Na.Ni.H2O.Ti.3H/h;;;;1H2;;;;. The van der Waals surface area contributed by atoms with Crippen molar-refractivity contribution >= 4 is 52.6 Å². The molecule has 6 heavy (non-hydrogen) atoms. The maximum absolute atomic E-state index is 0. The van der Waals surface area contributed by atoms with Crippen molar-refractivity contribution in [2.24, 2.45) is 0 Å². The number of hydrogen-bond donors (Lipinski definition) is 0. The molecular weight excluding hydrogens is 225 g/mol. The van der Waals surface area contributed by atoms with Crippen LogP contribution in [0, 0.1) is 0 Å². The van der Waals surface area contributed by atoms with Crippen LogP contribution in [0.15, 0.2) is 0 Å². The van der Waals surface area contributed by atoms with Crippen molar-refractivity contribution in [3.8, 4) is 0 Å². The maximum atomic E-state index is 0. The predicted molar refractivity (Wildman–Crippen MR) is 19.3 cm³/mol. The third-order valence-electron chi connectivity index (χ3n) is 0. The Bertz CT molecular complexity index is 15.5. The van der Waals surface area contributed by atoms with Gasteiger partial charge in [-0.2, -0.15) is 0 Å². The zero-order valence-electron chi connectivity index (χ0n) is 1.69. The van der Waals surface area contributed by atoms with Gasteiger partial charge in [0.25, 0.3) is 0 Å². The minimum atomic E-state index is 0. The van der Waals surface area contributed by atoms with E-state index in [1.807, 2.05) is 0 Å². The summed E-state index contributed by atoms with van der Waals surface area (Å²) in [6.45, 7) is 0. The second kappa shape index (κ2) is 39.4. The summed E-state index contributed by atoms with van der Waals surface area (Å²) in [5, 5.41) is 0. The Morgan fingerprint density at radius 2 is 1.00 bits per heavy atom. The first-order valence-corrected chi connectivity index (χ1v) is 0. The Balaban J connectivity index is 0. The van der Waals surface area contributed by atoms with Crippen LogP contribution in [-0.2, 0) is 55.3 Å². The molecule has 35 valence electrons. The van der Waals surface area contributed by atoms with Crippen LogP contribution >= 0.6 is 0 Å². The van der Waals surface area contributed by atoms with E-state index in [9.17, 15) is 0 Å². The van der Waals surface area contributed by atoms with E-state index in [0.29, 0.717) is 0 Å². The third-order valence-corrected chi connectivity index (χ3v) is 0. The van der Waals surface area contributed by atoms with Gasteiger partial charge in [0.05, 0.1) is 0 Å². The molecule has 0 amide bonds. The molecule has 0 aliphatic heterocycles. The summed E-state index contributed by atoms with van der Waals surface area (Å²) in [7, 11) is 0. The fraction of sp³-hybridized carbons (Fsp3) is 0. The molecule has 0 heterocycles. The molecule has 1 radical (unpaired) electrons. The molecule has 0 rings (SSSR count). The van der Waals surface area contributed by atoms with Gasteiger partial charge in [-0.3, -0.25) is 0 Å². The van der Waals surface area contributed by atoms with Gasteiger partial charge in [0.15, 0.2) is 0 Å². The third kappa shape index (κ3) is 26.0. The average molecular weight is 230 g/mol. The van der Waals surface area contributed by atoms with E-state index >= 15 is 0 Å². The summed E-state index contributed by atoms with van der Waals surface area (Å²) in [6.07, 6.45) is 0. The van der Waals surface area contributed by atoms with E-state index in [0.717, 1.165) is 0 Å². The van der Waals surface area contributed by atoms with Gasteiger partial charge in [0.2, 0.25) is 0 Å². The van der Waals surface area contributed by atoms with Crippen molar-refractivity contribution in [2.45, 2.75) is 0 Å². The Morgan fingerprint density at radius 1 is 1.00 bits per heavy atom. The molecule has 0 aromatic heterocycles. The Hall–Kier alpha value is 3.45. The van der Waals surface area contributed by atoms with Crippen LogP contribution in [0.5, 0.6) is 0 Å². The molecule has 0 saturated heterocycles. The van der Waals surface area contributed by atoms with Crippen LogP contribution < -0.4 is 0 Å². The molecule has 0 aromatic carbocycles. The average Bonchev–Trinajstić information content (AvgIpc) is 0. The minimum absolute atomic E-state index is 0. The van der Waals surface area contributed by atoms with Crippen molar-refractivity contribution in [1.82, 2.24) is 0 Å². The zero-order chi connectivity index (χ0) is 0. The maximum Gasteiger partial charge on any atom is 0 e. The molecule has 0 bridgehead atoms. The van der Waals surface area contributed by atoms with Crippen LogP contribution in [-0.4, -0.2) is 58.1 Å². The second-order valence-corrected chi connectivity index (χ2v) is 0. The zero-order valence-corrected chi connectivity index (χ0v) is 5.42. The largest absolute Gasteiger partial charge is 0 e. The van der Waals surface area contributed by atoms with Gasteiger partial charge in [0, 0.05) is 55.3 Å². The van der Waals surface area contributed by atoms with Crippen LogP contribution in [0.3, 0.4) is 0 Å². The van der Waals surface area contributed by atoms with E-state index in [-0.39, 0.29) is 113 Å². The molecule has 2 N–H and O–H groups in total. The summed E-state index contributed by atoms with van der Waals surface area (Å²) in [4.78, 5) is 0. The van der Waals surface area contributed by atoms with Crippen molar-refractivity contribution < 1.29 is 60.8 Å². The molecule has 0 aromatic rings. The van der Waals surface area contributed by atoms with Gasteiger partial charge in [-0.05, 0) is 0 Å². The van der Waals surface area contributed by atoms with Gasteiger partial charge < -0.3 is 5.48 Å². The van der Waals surface area contributed by atoms with Gasteiger partial charge in [-0.15, -0.1) is 0 Å². The van der Waals surface area contributed by atoms with Gasteiger partial charge in [-0.25, -0.2) is 0 Å². The second-order valence-electron chi connectivity index (χ2n) is 0. The van der Waals surface area contributed by atoms with E-state index in [2.05, 4.69) is 0 Å². The first-order valence-electron chi connectivity index (χ1n) is 0. The molecule has 0 unspecified atom stereocenters. The van der Waals surface area contributed by atoms with E-state index in [1.165, 1.54) is 0 Å². The van der Waals surface area contributed by atoms with Crippen molar-refractivity contribution in [3.05, 3.63) is 0 Å². The number of rotatable bonds is 0. The fourth-order valence-corrected chi connectivity index (χ4v) is 0. The van der Waals surface area contributed by atoms with Gasteiger partial charge in [-0.1, -0.05) is 0 Å². The number of hydrogen-bond acceptors (Lipinski definition) is 0. The normalized spacial score (nSPS) is 0. The molecule has 0 saturated carbocycles. The predicted octanol–water partition coefficient (Wildman–Crippen LogP) is -2.40. The van der Waals surface area contributed by atoms with Crippen molar-refractivity contribution in [2.75, 3.05) is 0 Å². The minimum Gasteiger partial charge on any atom is 0 e. The summed E-state index contributed by atoms with van der Waals surface area (Å²) >= 11 is 0. The Labute approximate surface area is 111 Å². The summed E-state index contributed by atoms with van der Waals surface area (Å²) in [5.74, 6) is 0. The van der Waals surface area contributed by atoms with Crippen LogP contribution in [0.1, 0.15) is 0 Å². The topological polar surface area (TPSA) is 31.5 Å². The summed E-state index contributed by atoms with van der Waals surface area (Å²) < 4.78 is 0. The van der Waals surface area contributed by atoms with Gasteiger partial charge in [0.1, 0.15) is 0 Å². The fourth-order valence-electron chi connectivity index (χ4n) is 0. The molecule has 0 atom stereocenters. The molecule has 0 spiro atoms. The van der Waals surface area contributed by atoms with E-state index in [1.54, 1.807) is 0 Å².